The van der Waals surface area contributed by atoms with E-state index in [0.29, 0.717) is 6.42 Å². The summed E-state index contributed by atoms with van der Waals surface area (Å²) >= 11 is 4.19. The first kappa shape index (κ1) is 22.0. The summed E-state index contributed by atoms with van der Waals surface area (Å²) in [4.78, 5) is 14.5. The molecule has 0 aromatic heterocycles. The second-order valence-corrected chi connectivity index (χ2v) is 16.5. The molecule has 0 bridgehead atoms. The molecule has 3 aromatic carbocycles. The number of carbonyl (C=O) groups excluding carboxylic acids is 1. The Morgan fingerprint density at radius 2 is 1.19 bits per heavy atom. The molecule has 1 aliphatic rings. The second-order valence-electron chi connectivity index (χ2n) is 7.76. The van der Waals surface area contributed by atoms with Crippen molar-refractivity contribution in [1.82, 2.24) is 4.90 Å². The number of amides is 1. The number of hydrogen-bond acceptors (Lipinski definition) is 1. The third-order valence-corrected chi connectivity index (χ3v) is 16.7. The van der Waals surface area contributed by atoms with Crippen LogP contribution in [0.4, 0.5) is 13.2 Å². The number of likely N-dealkylation sites (tertiary alicyclic amines) is 1. The maximum atomic E-state index is 13.6. The average molecular weight is 508 g/mol. The summed E-state index contributed by atoms with van der Waals surface area (Å²) in [7, 11) is 0. The summed E-state index contributed by atoms with van der Waals surface area (Å²) in [5, 5.41) is -0.855. The zero-order valence-corrected chi connectivity index (χ0v) is 19.2. The number of rotatable bonds is 5. The first-order chi connectivity index (χ1) is 14.8. The monoisotopic (exact) mass is 507 g/mol. The molecular formula is C24H22BrF3NOP. The molecule has 0 radical (unpaired) electrons. The van der Waals surface area contributed by atoms with Crippen molar-refractivity contribution in [2.75, 3.05) is 13.1 Å². The maximum absolute atomic E-state index is 13.6. The minimum atomic E-state index is -4.43. The Bertz CT molecular complexity index is 961. The van der Waals surface area contributed by atoms with Gasteiger partial charge in [0.15, 0.2) is 0 Å². The van der Waals surface area contributed by atoms with Crippen LogP contribution in [0.2, 0.25) is 0 Å². The van der Waals surface area contributed by atoms with Crippen molar-refractivity contribution >= 4 is 42.6 Å². The predicted molar refractivity (Wildman–Crippen MR) is 125 cm³/mol. The van der Waals surface area contributed by atoms with Gasteiger partial charge in [-0.15, -0.1) is 0 Å². The average Bonchev–Trinajstić information content (AvgIpc) is 3.14. The fraction of sp³-hybridized carbons (Fsp3) is 0.208. The molecule has 0 aliphatic carbocycles. The predicted octanol–water partition coefficient (Wildman–Crippen LogP) is 4.99. The molecule has 31 heavy (non-hydrogen) atoms. The van der Waals surface area contributed by atoms with Gasteiger partial charge >= 0.3 is 188 Å². The van der Waals surface area contributed by atoms with Crippen LogP contribution in [-0.2, 0) is 4.79 Å². The molecule has 7 heteroatoms. The van der Waals surface area contributed by atoms with Crippen molar-refractivity contribution in [1.29, 1.82) is 0 Å². The summed E-state index contributed by atoms with van der Waals surface area (Å²) in [5.41, 5.74) is -0.638. The van der Waals surface area contributed by atoms with Crippen LogP contribution < -0.4 is 15.9 Å². The van der Waals surface area contributed by atoms with Gasteiger partial charge in [0, 0.05) is 0 Å². The van der Waals surface area contributed by atoms with Crippen LogP contribution in [0.1, 0.15) is 6.42 Å². The van der Waals surface area contributed by atoms with Gasteiger partial charge in [-0.2, -0.15) is 0 Å². The van der Waals surface area contributed by atoms with E-state index in [1.165, 1.54) is 0 Å². The van der Waals surface area contributed by atoms with Crippen molar-refractivity contribution < 1.29 is 18.0 Å². The molecule has 1 aliphatic heterocycles. The van der Waals surface area contributed by atoms with Crippen LogP contribution in [-0.4, -0.2) is 35.7 Å². The van der Waals surface area contributed by atoms with E-state index in [2.05, 4.69) is 15.5 Å². The Kier molecular flexibility index (Phi) is 5.74. The van der Waals surface area contributed by atoms with Crippen LogP contribution in [0.3, 0.4) is 0 Å². The molecule has 0 spiro atoms. The van der Waals surface area contributed by atoms with Gasteiger partial charge in [-0.1, -0.05) is 0 Å². The van der Waals surface area contributed by atoms with Crippen LogP contribution in [0.15, 0.2) is 91.0 Å². The molecule has 4 rings (SSSR count). The normalized spacial score (nSPS) is 18.6. The van der Waals surface area contributed by atoms with Crippen LogP contribution >= 0.6 is 20.8 Å². The molecule has 3 aromatic rings. The number of benzene rings is 3. The second kappa shape index (κ2) is 8.07. The molecule has 1 saturated heterocycles. The van der Waals surface area contributed by atoms with Gasteiger partial charge in [0.25, 0.3) is 0 Å². The van der Waals surface area contributed by atoms with Gasteiger partial charge in [0.2, 0.25) is 0 Å². The van der Waals surface area contributed by atoms with E-state index >= 15 is 0 Å². The Morgan fingerprint density at radius 1 is 0.806 bits per heavy atom. The SMILES string of the molecule is O=C1C(P(Br)(c2ccccc2)(c2ccccc2)c2ccccc2)CCN1CC(F)(F)F. The van der Waals surface area contributed by atoms with Gasteiger partial charge in [-0.25, -0.2) is 0 Å². The molecule has 1 unspecified atom stereocenters. The van der Waals surface area contributed by atoms with E-state index in [9.17, 15) is 18.0 Å². The van der Waals surface area contributed by atoms with E-state index in [-0.39, 0.29) is 6.54 Å². The molecule has 0 saturated carbocycles. The summed E-state index contributed by atoms with van der Waals surface area (Å²) in [6, 6.07) is 29.1. The topological polar surface area (TPSA) is 20.3 Å². The fourth-order valence-corrected chi connectivity index (χ4v) is 13.4. The molecule has 1 heterocycles. The Morgan fingerprint density at radius 3 is 1.55 bits per heavy atom. The van der Waals surface area contributed by atoms with Crippen LogP contribution in [0.5, 0.6) is 0 Å². The summed E-state index contributed by atoms with van der Waals surface area (Å²) in [5.74, 6) is -0.455. The molecular weight excluding hydrogens is 486 g/mol. The van der Waals surface area contributed by atoms with E-state index in [0.717, 1.165) is 20.8 Å². The van der Waals surface area contributed by atoms with Gasteiger partial charge in [0.05, 0.1) is 0 Å². The summed E-state index contributed by atoms with van der Waals surface area (Å²) in [6.07, 6.45) is -4.09. The molecule has 1 fully saturated rings. The van der Waals surface area contributed by atoms with Crippen LogP contribution in [0, 0.1) is 0 Å². The number of nitrogens with zero attached hydrogens (tertiary/aromatic N) is 1. The van der Waals surface area contributed by atoms with E-state index in [4.69, 9.17) is 0 Å². The molecule has 1 amide bonds. The molecule has 0 N–H and O–H groups in total. The number of halogens is 4. The van der Waals surface area contributed by atoms with Crippen molar-refractivity contribution in [3.05, 3.63) is 91.0 Å². The molecule has 162 valence electrons. The van der Waals surface area contributed by atoms with Gasteiger partial charge < -0.3 is 0 Å². The van der Waals surface area contributed by atoms with Gasteiger partial charge in [-0.05, 0) is 0 Å². The van der Waals surface area contributed by atoms with Gasteiger partial charge in [-0.3, -0.25) is 0 Å². The van der Waals surface area contributed by atoms with Crippen LogP contribution in [0.25, 0.3) is 0 Å². The first-order valence-corrected chi connectivity index (χ1v) is 14.3. The third kappa shape index (κ3) is 3.60. The number of hydrogen-bond donors (Lipinski definition) is 0. The van der Waals surface area contributed by atoms with Crippen molar-refractivity contribution in [3.8, 4) is 0 Å². The van der Waals surface area contributed by atoms with E-state index < -0.39 is 29.6 Å². The van der Waals surface area contributed by atoms with Crippen molar-refractivity contribution in [2.45, 2.75) is 18.3 Å². The first-order valence-electron chi connectivity index (χ1n) is 10.0. The zero-order valence-electron chi connectivity index (χ0n) is 16.7. The molecule has 1 atom stereocenters. The van der Waals surface area contributed by atoms with Crippen molar-refractivity contribution in [3.63, 3.8) is 0 Å². The minimum absolute atomic E-state index is 0.0824. The van der Waals surface area contributed by atoms with E-state index in [1.807, 2.05) is 91.0 Å². The Labute approximate surface area is 187 Å². The Hall–Kier alpha value is -2.17. The quantitative estimate of drug-likeness (QED) is 0.445. The fourth-order valence-electron chi connectivity index (χ4n) is 4.69. The number of carbonyl (C=O) groups is 1. The standard InChI is InChI=1S/C24H22BrF3NOP/c25-31(19-10-4-1-5-11-19,20-12-6-2-7-13-20,21-14-8-3-9-15-21)22-16-17-29(23(22)30)18-24(26,27)28/h1-15,22H,16-18H2. The van der Waals surface area contributed by atoms with Crippen molar-refractivity contribution in [2.24, 2.45) is 0 Å². The van der Waals surface area contributed by atoms with E-state index in [1.54, 1.807) is 0 Å². The molecule has 2 nitrogen and oxygen atoms in total. The van der Waals surface area contributed by atoms with Gasteiger partial charge in [0.1, 0.15) is 0 Å². The summed E-state index contributed by atoms with van der Waals surface area (Å²) < 4.78 is 39.5. The zero-order chi connectivity index (χ0) is 22.1. The summed E-state index contributed by atoms with van der Waals surface area (Å²) in [6.45, 7) is -1.14. The third-order valence-electron chi connectivity index (χ3n) is 6.01. The number of alkyl halides is 3. The Balaban J connectivity index is 2.02.